The van der Waals surface area contributed by atoms with E-state index in [9.17, 15) is 0 Å². The number of hydrogen-bond acceptors (Lipinski definition) is 4. The molecule has 0 bridgehead atoms. The van der Waals surface area contributed by atoms with Gasteiger partial charge in [0.15, 0.2) is 0 Å². The maximum absolute atomic E-state index is 5.57. The largest absolute Gasteiger partial charge is 0.497 e. The molecule has 1 atom stereocenters. The Labute approximate surface area is 125 Å². The lowest BCUT2D eigenvalue weighted by molar-refractivity contribution is 0.254. The van der Waals surface area contributed by atoms with Gasteiger partial charge in [-0.1, -0.05) is 12.1 Å². The first-order chi connectivity index (χ1) is 10.2. The molecule has 0 spiro atoms. The van der Waals surface area contributed by atoms with Crippen LogP contribution in [0.1, 0.15) is 48.9 Å². The molecule has 112 valence electrons. The molecule has 4 heteroatoms. The number of hydrogen-bond donors (Lipinski definition) is 1. The van der Waals surface area contributed by atoms with Crippen molar-refractivity contribution in [3.05, 3.63) is 47.7 Å². The summed E-state index contributed by atoms with van der Waals surface area (Å²) in [4.78, 5) is 4.28. The maximum Gasteiger partial charge on any atom is 0.211 e. The summed E-state index contributed by atoms with van der Waals surface area (Å²) in [6.45, 7) is 4.02. The zero-order chi connectivity index (χ0) is 14.8. The number of methoxy groups -OCH3 is 1. The average Bonchev–Trinajstić information content (AvgIpc) is 2.89. The van der Waals surface area contributed by atoms with Crippen LogP contribution in [0.3, 0.4) is 0 Å². The van der Waals surface area contributed by atoms with Gasteiger partial charge in [0.25, 0.3) is 0 Å². The molecular weight excluding hydrogens is 264 g/mol. The van der Waals surface area contributed by atoms with E-state index in [2.05, 4.69) is 35.4 Å². The minimum Gasteiger partial charge on any atom is -0.497 e. The van der Waals surface area contributed by atoms with E-state index in [1.807, 2.05) is 13.0 Å². The van der Waals surface area contributed by atoms with E-state index in [1.165, 1.54) is 5.56 Å². The summed E-state index contributed by atoms with van der Waals surface area (Å²) in [7, 11) is 1.71. The smallest absolute Gasteiger partial charge is 0.211 e. The maximum atomic E-state index is 5.57. The van der Waals surface area contributed by atoms with Gasteiger partial charge in [0.1, 0.15) is 11.5 Å². The molecular formula is C17H22N2O2. The van der Waals surface area contributed by atoms with Gasteiger partial charge in [-0.25, -0.2) is 4.98 Å². The van der Waals surface area contributed by atoms with Crippen molar-refractivity contribution in [2.24, 2.45) is 0 Å². The Kier molecular flexibility index (Phi) is 3.97. The highest BCUT2D eigenvalue weighted by atomic mass is 16.5. The highest BCUT2D eigenvalue weighted by Crippen LogP contribution is 2.38. The number of ether oxygens (including phenoxy) is 1. The average molecular weight is 286 g/mol. The second-order valence-electron chi connectivity index (χ2n) is 5.84. The first-order valence-corrected chi connectivity index (χ1v) is 7.48. The van der Waals surface area contributed by atoms with Gasteiger partial charge in [0.05, 0.1) is 19.3 Å². The molecule has 21 heavy (non-hydrogen) atoms. The number of nitrogens with one attached hydrogen (secondary N) is 1. The number of rotatable bonds is 5. The van der Waals surface area contributed by atoms with E-state index in [-0.39, 0.29) is 6.04 Å². The van der Waals surface area contributed by atoms with Crippen molar-refractivity contribution in [3.8, 4) is 5.75 Å². The predicted octanol–water partition coefficient (Wildman–Crippen LogP) is 3.59. The minimum atomic E-state index is 0.162. The fourth-order valence-corrected chi connectivity index (χ4v) is 2.92. The van der Waals surface area contributed by atoms with E-state index in [0.29, 0.717) is 12.0 Å². The van der Waals surface area contributed by atoms with Crippen LogP contribution in [-0.4, -0.2) is 18.1 Å². The Morgan fingerprint density at radius 2 is 2.19 bits per heavy atom. The van der Waals surface area contributed by atoms with E-state index in [0.717, 1.165) is 30.2 Å². The Hall–Kier alpha value is -1.81. The highest BCUT2D eigenvalue weighted by Gasteiger charge is 2.32. The fraction of sp³-hybridized carbons (Fsp3) is 0.471. The molecule has 1 aromatic carbocycles. The summed E-state index contributed by atoms with van der Waals surface area (Å²) < 4.78 is 10.9. The molecule has 2 aromatic rings. The standard InChI is InChI=1S/C17H22N2O2/c1-11-10-18-17(21-11)12(2)19-15-7-14(8-15)13-5-4-6-16(9-13)20-3/h4-6,9-10,12,14-15,19H,7-8H2,1-3H3. The first-order valence-electron chi connectivity index (χ1n) is 7.48. The van der Waals surface area contributed by atoms with Crippen molar-refractivity contribution in [1.29, 1.82) is 0 Å². The van der Waals surface area contributed by atoms with Crippen LogP contribution < -0.4 is 10.1 Å². The molecule has 3 rings (SSSR count). The van der Waals surface area contributed by atoms with Gasteiger partial charge in [-0.2, -0.15) is 0 Å². The van der Waals surface area contributed by atoms with Crippen LogP contribution in [0, 0.1) is 6.92 Å². The van der Waals surface area contributed by atoms with E-state index in [1.54, 1.807) is 13.3 Å². The van der Waals surface area contributed by atoms with Gasteiger partial charge < -0.3 is 14.5 Å². The molecule has 0 radical (unpaired) electrons. The Morgan fingerprint density at radius 1 is 1.38 bits per heavy atom. The quantitative estimate of drug-likeness (QED) is 0.912. The van der Waals surface area contributed by atoms with Crippen LogP contribution in [0.4, 0.5) is 0 Å². The monoisotopic (exact) mass is 286 g/mol. The van der Waals surface area contributed by atoms with Crippen molar-refractivity contribution in [2.45, 2.75) is 44.7 Å². The summed E-state index contributed by atoms with van der Waals surface area (Å²) in [5.41, 5.74) is 1.37. The lowest BCUT2D eigenvalue weighted by atomic mass is 9.75. The third-order valence-corrected chi connectivity index (χ3v) is 4.20. The van der Waals surface area contributed by atoms with Gasteiger partial charge in [-0.3, -0.25) is 0 Å². The Balaban J connectivity index is 1.53. The molecule has 1 aliphatic rings. The topological polar surface area (TPSA) is 47.3 Å². The number of aromatic nitrogens is 1. The van der Waals surface area contributed by atoms with Crippen molar-refractivity contribution in [3.63, 3.8) is 0 Å². The summed E-state index contributed by atoms with van der Waals surface area (Å²) in [6, 6.07) is 9.07. The van der Waals surface area contributed by atoms with Crippen molar-refractivity contribution >= 4 is 0 Å². The minimum absolute atomic E-state index is 0.162. The van der Waals surface area contributed by atoms with Crippen molar-refractivity contribution in [1.82, 2.24) is 10.3 Å². The van der Waals surface area contributed by atoms with E-state index in [4.69, 9.17) is 9.15 Å². The van der Waals surface area contributed by atoms with Crippen molar-refractivity contribution in [2.75, 3.05) is 7.11 Å². The van der Waals surface area contributed by atoms with Crippen LogP contribution in [0.25, 0.3) is 0 Å². The summed E-state index contributed by atoms with van der Waals surface area (Å²) in [6.07, 6.45) is 4.07. The van der Waals surface area contributed by atoms with Gasteiger partial charge in [-0.15, -0.1) is 0 Å². The number of oxazole rings is 1. The first kappa shape index (κ1) is 14.1. The fourth-order valence-electron chi connectivity index (χ4n) is 2.92. The van der Waals surface area contributed by atoms with E-state index < -0.39 is 0 Å². The number of aryl methyl sites for hydroxylation is 1. The second-order valence-corrected chi connectivity index (χ2v) is 5.84. The molecule has 1 fully saturated rings. The molecule has 1 aliphatic carbocycles. The normalized spacial score (nSPS) is 22.6. The summed E-state index contributed by atoms with van der Waals surface area (Å²) >= 11 is 0. The molecule has 0 aliphatic heterocycles. The molecule has 0 amide bonds. The van der Waals surface area contributed by atoms with Crippen LogP contribution in [-0.2, 0) is 0 Å². The molecule has 1 saturated carbocycles. The third-order valence-electron chi connectivity index (χ3n) is 4.20. The Morgan fingerprint density at radius 3 is 2.86 bits per heavy atom. The Bertz CT molecular complexity index is 602. The van der Waals surface area contributed by atoms with E-state index >= 15 is 0 Å². The summed E-state index contributed by atoms with van der Waals surface area (Å²) in [5, 5.41) is 3.59. The SMILES string of the molecule is COc1cccc(C2CC(NC(C)c3ncc(C)o3)C2)c1. The van der Waals surface area contributed by atoms with Crippen molar-refractivity contribution < 1.29 is 9.15 Å². The van der Waals surface area contributed by atoms with Crippen LogP contribution >= 0.6 is 0 Å². The number of nitrogens with zero attached hydrogens (tertiary/aromatic N) is 1. The van der Waals surface area contributed by atoms with Gasteiger partial charge in [0.2, 0.25) is 5.89 Å². The van der Waals surface area contributed by atoms with Gasteiger partial charge >= 0.3 is 0 Å². The van der Waals surface area contributed by atoms with Crippen LogP contribution in [0.2, 0.25) is 0 Å². The second kappa shape index (κ2) is 5.90. The van der Waals surface area contributed by atoms with Gasteiger partial charge in [-0.05, 0) is 50.3 Å². The van der Waals surface area contributed by atoms with Crippen LogP contribution in [0.5, 0.6) is 5.75 Å². The molecule has 1 aromatic heterocycles. The molecule has 1 heterocycles. The molecule has 4 nitrogen and oxygen atoms in total. The molecule has 1 unspecified atom stereocenters. The highest BCUT2D eigenvalue weighted by molar-refractivity contribution is 5.32. The third kappa shape index (κ3) is 3.10. The zero-order valence-corrected chi connectivity index (χ0v) is 12.8. The lowest BCUT2D eigenvalue weighted by Gasteiger charge is -2.37. The predicted molar refractivity (Wildman–Crippen MR) is 81.5 cm³/mol. The summed E-state index contributed by atoms with van der Waals surface area (Å²) in [5.74, 6) is 3.20. The number of benzene rings is 1. The molecule has 0 saturated heterocycles. The molecule has 1 N–H and O–H groups in total. The van der Waals surface area contributed by atoms with Crippen LogP contribution in [0.15, 0.2) is 34.9 Å². The zero-order valence-electron chi connectivity index (χ0n) is 12.8. The van der Waals surface area contributed by atoms with Gasteiger partial charge in [0, 0.05) is 6.04 Å². The lowest BCUT2D eigenvalue weighted by Crippen LogP contribution is -2.41.